The van der Waals surface area contributed by atoms with Crippen molar-refractivity contribution in [2.45, 2.75) is 26.1 Å². The maximum atomic E-state index is 6.17. The van der Waals surface area contributed by atoms with E-state index < -0.39 is 0 Å². The van der Waals surface area contributed by atoms with E-state index in [9.17, 15) is 0 Å². The highest BCUT2D eigenvalue weighted by atomic mass is 16.5. The van der Waals surface area contributed by atoms with Crippen LogP contribution in [0.4, 0.5) is 0 Å². The first-order valence-corrected chi connectivity index (χ1v) is 6.85. The predicted molar refractivity (Wildman–Crippen MR) is 79.4 cm³/mol. The van der Waals surface area contributed by atoms with Gasteiger partial charge < -0.3 is 4.74 Å². The zero-order valence-electron chi connectivity index (χ0n) is 11.2. The molecule has 4 rings (SSSR count). The van der Waals surface area contributed by atoms with Gasteiger partial charge in [0, 0.05) is 0 Å². The maximum absolute atomic E-state index is 6.17. The first-order chi connectivity index (χ1) is 9.25. The van der Waals surface area contributed by atoms with E-state index in [2.05, 4.69) is 62.4 Å². The number of ether oxygens (including phenoxy) is 1. The van der Waals surface area contributed by atoms with Crippen LogP contribution in [0.3, 0.4) is 0 Å². The topological polar surface area (TPSA) is 9.23 Å². The van der Waals surface area contributed by atoms with Crippen molar-refractivity contribution in [3.8, 4) is 0 Å². The molecule has 0 aromatic heterocycles. The quantitative estimate of drug-likeness (QED) is 0.500. The predicted octanol–water partition coefficient (Wildman–Crippen LogP) is 5.15. The molecule has 19 heavy (non-hydrogen) atoms. The molecule has 1 heteroatoms. The number of hydrogen-bond acceptors (Lipinski definition) is 1. The second-order valence-electron chi connectivity index (χ2n) is 5.38. The minimum Gasteiger partial charge on any atom is -0.366 e. The third-order valence-electron chi connectivity index (χ3n) is 4.23. The average Bonchev–Trinajstić information content (AvgIpc) is 2.55. The molecule has 1 aliphatic rings. The molecule has 0 spiro atoms. The van der Waals surface area contributed by atoms with Crippen molar-refractivity contribution in [3.63, 3.8) is 0 Å². The van der Waals surface area contributed by atoms with Crippen LogP contribution in [0, 0.1) is 0 Å². The van der Waals surface area contributed by atoms with Crippen LogP contribution in [0.2, 0.25) is 0 Å². The van der Waals surface area contributed by atoms with Gasteiger partial charge in [0.1, 0.15) is 0 Å². The second-order valence-corrected chi connectivity index (χ2v) is 5.38. The van der Waals surface area contributed by atoms with Gasteiger partial charge in [0.2, 0.25) is 0 Å². The van der Waals surface area contributed by atoms with Gasteiger partial charge in [-0.3, -0.25) is 0 Å². The molecule has 0 fully saturated rings. The van der Waals surface area contributed by atoms with Crippen LogP contribution in [0.15, 0.2) is 48.5 Å². The average molecular weight is 248 g/mol. The lowest BCUT2D eigenvalue weighted by Crippen LogP contribution is -2.02. The van der Waals surface area contributed by atoms with Gasteiger partial charge in [0.15, 0.2) is 0 Å². The fraction of sp³-hybridized carbons (Fsp3) is 0.222. The molecule has 0 unspecified atom stereocenters. The van der Waals surface area contributed by atoms with Crippen LogP contribution in [-0.2, 0) is 4.74 Å². The third-order valence-corrected chi connectivity index (χ3v) is 4.23. The van der Waals surface area contributed by atoms with Crippen LogP contribution >= 0.6 is 0 Å². The van der Waals surface area contributed by atoms with Gasteiger partial charge in [-0.05, 0) is 46.5 Å². The highest BCUT2D eigenvalue weighted by molar-refractivity contribution is 6.11. The second kappa shape index (κ2) is 3.82. The summed E-state index contributed by atoms with van der Waals surface area (Å²) in [4.78, 5) is 0. The lowest BCUT2D eigenvalue weighted by atomic mass is 9.93. The summed E-state index contributed by atoms with van der Waals surface area (Å²) < 4.78 is 6.17. The van der Waals surface area contributed by atoms with E-state index in [1.807, 2.05) is 0 Å². The Morgan fingerprint density at radius 2 is 1.16 bits per heavy atom. The Balaban J connectivity index is 2.31. The number of hydrogen-bond donors (Lipinski definition) is 0. The Morgan fingerprint density at radius 3 is 1.63 bits per heavy atom. The minimum atomic E-state index is 0.136. The van der Waals surface area contributed by atoms with Gasteiger partial charge in [-0.2, -0.15) is 0 Å². The normalized spacial score (nSPS) is 22.0. The van der Waals surface area contributed by atoms with Gasteiger partial charge in [0.25, 0.3) is 0 Å². The molecule has 1 aliphatic heterocycles. The molecular formula is C18H16O. The molecule has 0 radical (unpaired) electrons. The highest BCUT2D eigenvalue weighted by Crippen LogP contribution is 2.41. The molecule has 1 heterocycles. The molecule has 1 nitrogen and oxygen atoms in total. The Morgan fingerprint density at radius 1 is 0.684 bits per heavy atom. The van der Waals surface area contributed by atoms with E-state index in [1.165, 1.54) is 32.7 Å². The summed E-state index contributed by atoms with van der Waals surface area (Å²) >= 11 is 0. The molecule has 0 saturated carbocycles. The molecule has 2 atom stereocenters. The van der Waals surface area contributed by atoms with E-state index in [0.29, 0.717) is 0 Å². The van der Waals surface area contributed by atoms with Crippen molar-refractivity contribution >= 4 is 21.5 Å². The van der Waals surface area contributed by atoms with Gasteiger partial charge in [0.05, 0.1) is 12.2 Å². The monoisotopic (exact) mass is 248 g/mol. The molecule has 0 saturated heterocycles. The zero-order valence-corrected chi connectivity index (χ0v) is 11.2. The molecule has 0 aliphatic carbocycles. The summed E-state index contributed by atoms with van der Waals surface area (Å²) in [7, 11) is 0. The van der Waals surface area contributed by atoms with E-state index in [1.54, 1.807) is 0 Å². The summed E-state index contributed by atoms with van der Waals surface area (Å²) in [6.45, 7) is 4.30. The molecule has 0 N–H and O–H groups in total. The van der Waals surface area contributed by atoms with Crippen molar-refractivity contribution in [2.75, 3.05) is 0 Å². The molecule has 94 valence electrons. The van der Waals surface area contributed by atoms with E-state index in [-0.39, 0.29) is 12.2 Å². The van der Waals surface area contributed by atoms with Crippen LogP contribution in [0.25, 0.3) is 21.5 Å². The first-order valence-electron chi connectivity index (χ1n) is 6.85. The fourth-order valence-electron chi connectivity index (χ4n) is 3.34. The molecule has 3 aromatic rings. The van der Waals surface area contributed by atoms with Gasteiger partial charge in [-0.25, -0.2) is 0 Å². The summed E-state index contributed by atoms with van der Waals surface area (Å²) in [5.74, 6) is 0. The van der Waals surface area contributed by atoms with Gasteiger partial charge in [-0.15, -0.1) is 0 Å². The van der Waals surface area contributed by atoms with Crippen molar-refractivity contribution in [1.82, 2.24) is 0 Å². The standard InChI is InChI=1S/C18H16O/c1-11-15-7-3-5-13-9-10-14-6-4-8-16(12(2)19-11)18(14)17(13)15/h3-12H,1-2H3/t11-,12-/m1/s1. The first kappa shape index (κ1) is 11.0. The zero-order chi connectivity index (χ0) is 13.0. The van der Waals surface area contributed by atoms with Crippen molar-refractivity contribution in [1.29, 1.82) is 0 Å². The maximum Gasteiger partial charge on any atom is 0.0811 e. The Labute approximate surface area is 112 Å². The SMILES string of the molecule is C[C@H]1O[C@H](C)c2cccc3ccc4cccc1c4c23. The van der Waals surface area contributed by atoms with Crippen molar-refractivity contribution < 1.29 is 4.74 Å². The summed E-state index contributed by atoms with van der Waals surface area (Å²) in [5, 5.41) is 5.35. The Kier molecular flexibility index (Phi) is 2.21. The Hall–Kier alpha value is -1.86. The summed E-state index contributed by atoms with van der Waals surface area (Å²) in [6.07, 6.45) is 0.272. The molecule has 0 amide bonds. The molecule has 3 aromatic carbocycles. The van der Waals surface area contributed by atoms with Crippen molar-refractivity contribution in [3.05, 3.63) is 59.7 Å². The van der Waals surface area contributed by atoms with Crippen molar-refractivity contribution in [2.24, 2.45) is 0 Å². The van der Waals surface area contributed by atoms with E-state index in [0.717, 1.165) is 0 Å². The van der Waals surface area contributed by atoms with E-state index >= 15 is 0 Å². The fourth-order valence-corrected chi connectivity index (χ4v) is 3.34. The van der Waals surface area contributed by atoms with E-state index in [4.69, 9.17) is 4.74 Å². The third kappa shape index (κ3) is 1.45. The minimum absolute atomic E-state index is 0.136. The van der Waals surface area contributed by atoms with Gasteiger partial charge in [-0.1, -0.05) is 48.5 Å². The highest BCUT2D eigenvalue weighted by Gasteiger charge is 2.22. The van der Waals surface area contributed by atoms with Crippen LogP contribution in [0.5, 0.6) is 0 Å². The van der Waals surface area contributed by atoms with Gasteiger partial charge >= 0.3 is 0 Å². The Bertz CT molecular complexity index is 721. The lowest BCUT2D eigenvalue weighted by molar-refractivity contribution is 0.00863. The summed E-state index contributed by atoms with van der Waals surface area (Å²) in [5.41, 5.74) is 2.61. The lowest BCUT2D eigenvalue weighted by Gasteiger charge is -2.17. The summed E-state index contributed by atoms with van der Waals surface area (Å²) in [6, 6.07) is 17.5. The number of rotatable bonds is 0. The smallest absolute Gasteiger partial charge is 0.0811 e. The number of benzene rings is 3. The largest absolute Gasteiger partial charge is 0.366 e. The van der Waals surface area contributed by atoms with Crippen LogP contribution < -0.4 is 0 Å². The molecule has 0 bridgehead atoms. The van der Waals surface area contributed by atoms with Crippen LogP contribution in [-0.4, -0.2) is 0 Å². The molecular weight excluding hydrogens is 232 g/mol. The van der Waals surface area contributed by atoms with Crippen LogP contribution in [0.1, 0.15) is 37.2 Å².